The SMILES string of the molecule is CCCC1C(O)Cc2cc(c[nH]2)C(C)CNCC(O)Cc2ccc3ccc(cc3c2O)NC2=CC(=CCN2)C2(CCCC2)C2CC3C#CC(c4ccccc4C4CCC(Cc5cccc(O)c5)C(C)C4)c4cc(O)c(OC)cc4CCC(=O)C(O)C(=O)C3CC1C2. The molecule has 3 fully saturated rings. The van der Waals surface area contributed by atoms with E-state index in [9.17, 15) is 35.4 Å². The molecule has 91 heavy (non-hydrogen) atoms. The Bertz CT molecular complexity index is 3730. The van der Waals surface area contributed by atoms with Crippen LogP contribution in [0.3, 0.4) is 0 Å². The van der Waals surface area contributed by atoms with Gasteiger partial charge in [0.15, 0.2) is 29.2 Å². The average molecular weight is 1230 g/mol. The molecule has 13 unspecified atom stereocenters. The van der Waals surface area contributed by atoms with Gasteiger partial charge in [-0.3, -0.25) is 9.59 Å². The van der Waals surface area contributed by atoms with E-state index in [2.05, 4.69) is 102 Å². The summed E-state index contributed by atoms with van der Waals surface area (Å²) in [4.78, 5) is 33.9. The van der Waals surface area contributed by atoms with Crippen LogP contribution in [0.25, 0.3) is 10.8 Å². The highest BCUT2D eigenvalue weighted by Gasteiger charge is 2.51. The van der Waals surface area contributed by atoms with Crippen molar-refractivity contribution in [2.45, 2.75) is 166 Å². The van der Waals surface area contributed by atoms with Gasteiger partial charge in [-0.2, -0.15) is 0 Å². The number of aliphatic hydroxyl groups excluding tert-OH is 3. The Morgan fingerprint density at radius 1 is 0.780 bits per heavy atom. The van der Waals surface area contributed by atoms with Crippen LogP contribution in [0.4, 0.5) is 5.69 Å². The van der Waals surface area contributed by atoms with Gasteiger partial charge in [-0.25, -0.2) is 0 Å². The number of aromatic nitrogens is 1. The second kappa shape index (κ2) is 27.9. The van der Waals surface area contributed by atoms with Crippen molar-refractivity contribution in [3.63, 3.8) is 0 Å². The number of Topliss-reactive ketones (excluding diaryl/α,β-unsaturated/α-hetero) is 2. The predicted octanol–water partition coefficient (Wildman–Crippen LogP) is 13.0. The third-order valence-electron chi connectivity index (χ3n) is 22.3. The molecule has 480 valence electrons. The van der Waals surface area contributed by atoms with E-state index < -0.39 is 47.6 Å². The third-order valence-corrected chi connectivity index (χ3v) is 22.3. The lowest BCUT2D eigenvalue weighted by atomic mass is 9.62. The van der Waals surface area contributed by atoms with Crippen LogP contribution < -0.4 is 20.7 Å². The van der Waals surface area contributed by atoms with E-state index in [0.29, 0.717) is 74.5 Å². The zero-order valence-electron chi connectivity index (χ0n) is 53.5. The van der Waals surface area contributed by atoms with Crippen molar-refractivity contribution in [3.05, 3.63) is 171 Å². The molecule has 9 bridgehead atoms. The van der Waals surface area contributed by atoms with E-state index in [0.717, 1.165) is 108 Å². The van der Waals surface area contributed by atoms with E-state index in [1.807, 2.05) is 48.7 Å². The van der Waals surface area contributed by atoms with Crippen molar-refractivity contribution >= 4 is 28.0 Å². The summed E-state index contributed by atoms with van der Waals surface area (Å²) in [5, 5.41) is 82.8. The first kappa shape index (κ1) is 63.8. The van der Waals surface area contributed by atoms with Crippen LogP contribution in [0, 0.1) is 58.7 Å². The van der Waals surface area contributed by atoms with Crippen molar-refractivity contribution in [1.82, 2.24) is 15.6 Å². The molecule has 0 radical (unpaired) electrons. The molecule has 13 atom stereocenters. The minimum absolute atomic E-state index is 0.0274. The molecule has 0 amide bonds. The molecule has 13 nitrogen and oxygen atoms in total. The van der Waals surface area contributed by atoms with E-state index >= 15 is 4.79 Å². The molecule has 10 N–H and O–H groups in total. The number of ether oxygens (including phenoxy) is 1. The van der Waals surface area contributed by atoms with Gasteiger partial charge in [0.05, 0.1) is 25.2 Å². The number of hydrogen-bond donors (Lipinski definition) is 10. The number of carbonyl (C=O) groups excluding carboxylic acids is 2. The minimum atomic E-state index is -1.87. The molecule has 4 aliphatic carbocycles. The lowest BCUT2D eigenvalue weighted by molar-refractivity contribution is -0.142. The fraction of sp³-hybridized carbons (Fsp3) is 0.487. The lowest BCUT2D eigenvalue weighted by Gasteiger charge is -2.43. The van der Waals surface area contributed by atoms with Crippen molar-refractivity contribution in [2.75, 3.05) is 32.1 Å². The molecule has 12 rings (SSSR count). The number of hydrogen-bond acceptors (Lipinski definition) is 12. The zero-order chi connectivity index (χ0) is 63.5. The number of allylic oxidation sites excluding steroid dienone is 2. The van der Waals surface area contributed by atoms with E-state index in [4.69, 9.17) is 4.74 Å². The second-order valence-electron chi connectivity index (χ2n) is 28.0. The molecular weight excluding hydrogens is 1140 g/mol. The van der Waals surface area contributed by atoms with Crippen molar-refractivity contribution in [1.29, 1.82) is 0 Å². The number of methoxy groups -OCH3 is 1. The van der Waals surface area contributed by atoms with Gasteiger partial charge < -0.3 is 56.3 Å². The normalized spacial score (nSPS) is 29.1. The third kappa shape index (κ3) is 13.8. The number of aliphatic hydroxyl groups is 3. The van der Waals surface area contributed by atoms with Gasteiger partial charge in [0, 0.05) is 73.7 Å². The number of dihydropyridines is 1. The number of fused-ring (bicyclic) bond motifs is 11. The Morgan fingerprint density at radius 2 is 1.59 bits per heavy atom. The number of ketones is 2. The number of aryl methyl sites for hydroxylation is 1. The Kier molecular flexibility index (Phi) is 19.5. The number of aromatic hydroxyl groups is 3. The Hall–Kier alpha value is -7.34. The number of β-amino-alcohol motifs (C(OH)–C–C–N with tert-alkyl or cyclic N) is 1. The molecule has 1 spiro atoms. The molecule has 0 saturated heterocycles. The van der Waals surface area contributed by atoms with Gasteiger partial charge in [0.2, 0.25) is 0 Å². The maximum Gasteiger partial charge on any atom is 0.173 e. The Morgan fingerprint density at radius 3 is 2.38 bits per heavy atom. The molecular formula is C78H94N4O9. The molecule has 13 heteroatoms. The number of rotatable bonds is 7. The summed E-state index contributed by atoms with van der Waals surface area (Å²) in [6.45, 7) is 8.17. The monoisotopic (exact) mass is 1230 g/mol. The Balaban J connectivity index is 0.987. The van der Waals surface area contributed by atoms with Gasteiger partial charge in [0.25, 0.3) is 0 Å². The first-order valence-electron chi connectivity index (χ1n) is 34.0. The van der Waals surface area contributed by atoms with Gasteiger partial charge >= 0.3 is 0 Å². The molecule has 6 aliphatic rings. The topological polar surface area (TPSA) is 217 Å². The lowest BCUT2D eigenvalue weighted by Crippen LogP contribution is -2.40. The van der Waals surface area contributed by atoms with Crippen LogP contribution in [0.2, 0.25) is 0 Å². The van der Waals surface area contributed by atoms with E-state index in [1.165, 1.54) is 18.2 Å². The number of phenols is 3. The number of H-pyrrole nitrogens is 1. The number of carbonyl (C=O) groups is 2. The van der Waals surface area contributed by atoms with Gasteiger partial charge in [0.1, 0.15) is 17.3 Å². The molecule has 6 aromatic rings. The van der Waals surface area contributed by atoms with Crippen molar-refractivity contribution < 1.29 is 45.0 Å². The smallest absolute Gasteiger partial charge is 0.173 e. The van der Waals surface area contributed by atoms with Crippen LogP contribution in [-0.4, -0.2) is 92.2 Å². The number of aromatic amines is 1. The highest BCUT2D eigenvalue weighted by Crippen LogP contribution is 2.58. The van der Waals surface area contributed by atoms with E-state index in [-0.39, 0.29) is 77.3 Å². The van der Waals surface area contributed by atoms with Crippen molar-refractivity contribution in [3.8, 4) is 34.8 Å². The maximum atomic E-state index is 15.7. The maximum absolute atomic E-state index is 15.7. The Labute approximate surface area is 537 Å². The number of anilines is 1. The number of nitrogens with one attached hydrogen (secondary N) is 4. The van der Waals surface area contributed by atoms with Crippen molar-refractivity contribution in [2.24, 2.45) is 46.8 Å². The molecule has 3 saturated carbocycles. The predicted molar refractivity (Wildman–Crippen MR) is 358 cm³/mol. The fourth-order valence-electron chi connectivity index (χ4n) is 17.4. The molecule has 5 aromatic carbocycles. The fourth-order valence-corrected chi connectivity index (χ4v) is 17.4. The van der Waals surface area contributed by atoms with Crippen LogP contribution in [0.15, 0.2) is 127 Å². The van der Waals surface area contributed by atoms with Crippen LogP contribution in [0.5, 0.6) is 23.0 Å². The highest BCUT2D eigenvalue weighted by molar-refractivity contribution is 6.06. The first-order chi connectivity index (χ1) is 44.1. The summed E-state index contributed by atoms with van der Waals surface area (Å²) in [6.07, 6.45) is 14.7. The molecule has 1 aromatic heterocycles. The quantitative estimate of drug-likeness (QED) is 0.0534. The average Bonchev–Trinajstić information content (AvgIpc) is 1.89. The summed E-state index contributed by atoms with van der Waals surface area (Å²) in [6, 6.07) is 31.8. The molecule has 2 aliphatic heterocycles. The number of benzene rings is 5. The standard InChI is InChI=1S/C78H94N4O9/c1-5-11-64-55-34-58(78(27-8-9-28-78)57-26-29-80-74(39-57)82-59-23-20-49-16-19-54(75(88)69(49)40-59)36-62(84)45-79-43-47(3)56-35-60(81-44-56)41-71(64)86)33-52-21-24-66(67-42-72(87)73(91-4)38-53(67)22-25-70(85)77(90)76(89)68(52)37-55)65-15-7-6-14-63(65)51-18-17-50(46(2)30-51)31-48-12-10-13-61(83)32-48/h6-7,10,12-16,19-20,23,26,32,35,38-40,42,44,46-47,50-52,55,58,62,64,66,68,71,77,79-84,86-88,90H,5,8-9,11,17-18,22,25,27-31,33-34,36-37,41,43,45H2,1-4H3. The summed E-state index contributed by atoms with van der Waals surface area (Å²) >= 11 is 0. The second-order valence-corrected chi connectivity index (χ2v) is 28.0. The largest absolute Gasteiger partial charge is 0.508 e. The van der Waals surface area contributed by atoms with Gasteiger partial charge in [-0.15, -0.1) is 0 Å². The van der Waals surface area contributed by atoms with Gasteiger partial charge in [-0.05, 0) is 216 Å². The summed E-state index contributed by atoms with van der Waals surface area (Å²) in [7, 11) is 1.51. The summed E-state index contributed by atoms with van der Waals surface area (Å²) < 4.78 is 5.73. The summed E-state index contributed by atoms with van der Waals surface area (Å²) in [5.74, 6) is 6.95. The molecule has 3 heterocycles. The van der Waals surface area contributed by atoms with Crippen LogP contribution >= 0.6 is 0 Å². The summed E-state index contributed by atoms with van der Waals surface area (Å²) in [5.41, 5.74) is 9.22. The minimum Gasteiger partial charge on any atom is -0.508 e. The zero-order valence-corrected chi connectivity index (χ0v) is 53.5. The van der Waals surface area contributed by atoms with Crippen LogP contribution in [-0.2, 0) is 35.3 Å². The highest BCUT2D eigenvalue weighted by atomic mass is 16.5. The van der Waals surface area contributed by atoms with Gasteiger partial charge in [-0.1, -0.05) is 113 Å². The number of phenolic OH excluding ortho intramolecular Hbond substituents is 3. The first-order valence-corrected chi connectivity index (χ1v) is 34.0. The van der Waals surface area contributed by atoms with Crippen LogP contribution in [0.1, 0.15) is 167 Å². The van der Waals surface area contributed by atoms with E-state index in [1.54, 1.807) is 18.2 Å².